The first-order chi connectivity index (χ1) is 21.0. The van der Waals surface area contributed by atoms with Gasteiger partial charge in [-0.15, -0.1) is 0 Å². The van der Waals surface area contributed by atoms with Gasteiger partial charge in [0.15, 0.2) is 15.7 Å². The summed E-state index contributed by atoms with van der Waals surface area (Å²) < 4.78 is 69.5. The zero-order chi connectivity index (χ0) is 31.6. The SMILES string of the molecule is CCn1c(C(F)(F)F)cc2nc(-c3ncc(NCN=C(c4ccccc4)c4ccccc4)cc3S(=O)(=O)CC)n(C)c2c1=O. The molecule has 0 aliphatic heterocycles. The number of rotatable bonds is 9. The van der Waals surface area contributed by atoms with Crippen molar-refractivity contribution in [3.8, 4) is 11.5 Å². The Bertz CT molecular complexity index is 1980. The maximum absolute atomic E-state index is 13.7. The molecule has 0 aliphatic carbocycles. The van der Waals surface area contributed by atoms with Crippen molar-refractivity contribution in [1.82, 2.24) is 19.1 Å². The Kier molecular flexibility index (Phi) is 8.42. The largest absolute Gasteiger partial charge is 0.431 e. The van der Waals surface area contributed by atoms with Crippen LogP contribution in [0.25, 0.3) is 22.6 Å². The van der Waals surface area contributed by atoms with Gasteiger partial charge in [0, 0.05) is 24.7 Å². The molecule has 9 nitrogen and oxygen atoms in total. The standard InChI is InChI=1S/C31H29F3N6O3S/c1-4-40-25(31(32,33)34)17-23-28(30(40)41)39(3)29(38-23)27-24(44(42,43)5-2)16-22(18-35-27)36-19-37-26(20-12-8-6-9-13-20)21-14-10-7-11-15-21/h6-18,36H,4-5,19H2,1-3H3. The maximum atomic E-state index is 13.7. The van der Waals surface area contributed by atoms with Gasteiger partial charge in [-0.05, 0) is 19.1 Å². The lowest BCUT2D eigenvalue weighted by atomic mass is 10.0. The average molecular weight is 623 g/mol. The number of pyridine rings is 2. The van der Waals surface area contributed by atoms with Gasteiger partial charge in [0.1, 0.15) is 23.6 Å². The fourth-order valence-corrected chi connectivity index (χ4v) is 5.99. The molecule has 5 rings (SSSR count). The third-order valence-corrected chi connectivity index (χ3v) is 8.88. The maximum Gasteiger partial charge on any atom is 0.431 e. The van der Waals surface area contributed by atoms with E-state index in [1.807, 2.05) is 60.7 Å². The fourth-order valence-electron chi connectivity index (χ4n) is 4.93. The summed E-state index contributed by atoms with van der Waals surface area (Å²) in [5, 5.41) is 3.10. The van der Waals surface area contributed by atoms with Crippen LogP contribution in [0.1, 0.15) is 30.7 Å². The van der Waals surface area contributed by atoms with E-state index in [1.54, 1.807) is 0 Å². The van der Waals surface area contributed by atoms with Crippen molar-refractivity contribution in [3.05, 3.63) is 106 Å². The molecule has 0 aliphatic rings. The van der Waals surface area contributed by atoms with Crippen LogP contribution in [0.3, 0.4) is 0 Å². The second kappa shape index (κ2) is 12.1. The van der Waals surface area contributed by atoms with Crippen molar-refractivity contribution in [1.29, 1.82) is 0 Å². The fraction of sp³-hybridized carbons (Fsp3) is 0.226. The van der Waals surface area contributed by atoms with Crippen molar-refractivity contribution >= 4 is 32.3 Å². The Morgan fingerprint density at radius 3 is 2.14 bits per heavy atom. The summed E-state index contributed by atoms with van der Waals surface area (Å²) in [4.78, 5) is 26.3. The van der Waals surface area contributed by atoms with E-state index in [0.29, 0.717) is 10.3 Å². The van der Waals surface area contributed by atoms with Crippen molar-refractivity contribution < 1.29 is 21.6 Å². The highest BCUT2D eigenvalue weighted by atomic mass is 32.2. The van der Waals surface area contributed by atoms with E-state index in [-0.39, 0.29) is 46.4 Å². The molecule has 5 aromatic rings. The summed E-state index contributed by atoms with van der Waals surface area (Å²) in [6.07, 6.45) is -3.39. The number of anilines is 1. The number of halogens is 3. The Hall–Kier alpha value is -4.78. The summed E-state index contributed by atoms with van der Waals surface area (Å²) >= 11 is 0. The second-order valence-electron chi connectivity index (χ2n) is 9.85. The average Bonchev–Trinajstić information content (AvgIpc) is 3.35. The summed E-state index contributed by atoms with van der Waals surface area (Å²) in [6.45, 7) is 2.79. The molecule has 0 unspecified atom stereocenters. The molecule has 44 heavy (non-hydrogen) atoms. The smallest absolute Gasteiger partial charge is 0.365 e. The minimum Gasteiger partial charge on any atom is -0.365 e. The number of fused-ring (bicyclic) bond motifs is 1. The minimum atomic E-state index is -4.79. The Morgan fingerprint density at radius 2 is 1.59 bits per heavy atom. The Morgan fingerprint density at radius 1 is 0.977 bits per heavy atom. The number of hydrogen-bond acceptors (Lipinski definition) is 7. The van der Waals surface area contributed by atoms with Crippen LogP contribution in [-0.4, -0.2) is 45.7 Å². The number of aryl methyl sites for hydroxylation is 1. The van der Waals surface area contributed by atoms with E-state index in [2.05, 4.69) is 15.3 Å². The summed E-state index contributed by atoms with van der Waals surface area (Å²) in [6, 6.07) is 21.4. The van der Waals surface area contributed by atoms with Crippen LogP contribution < -0.4 is 10.9 Å². The number of aliphatic imine (C=N–C) groups is 1. The van der Waals surface area contributed by atoms with Gasteiger partial charge in [-0.25, -0.2) is 18.4 Å². The first-order valence-corrected chi connectivity index (χ1v) is 15.4. The lowest BCUT2D eigenvalue weighted by molar-refractivity contribution is -0.144. The van der Waals surface area contributed by atoms with Crippen molar-refractivity contribution in [3.63, 3.8) is 0 Å². The molecule has 0 bridgehead atoms. The Labute approximate surface area is 251 Å². The van der Waals surface area contributed by atoms with Crippen LogP contribution in [0, 0.1) is 0 Å². The number of imidazole rings is 1. The van der Waals surface area contributed by atoms with E-state index < -0.39 is 27.3 Å². The van der Waals surface area contributed by atoms with E-state index >= 15 is 0 Å². The highest BCUT2D eigenvalue weighted by Crippen LogP contribution is 2.33. The van der Waals surface area contributed by atoms with Gasteiger partial charge in [-0.3, -0.25) is 9.79 Å². The van der Waals surface area contributed by atoms with Crippen LogP contribution >= 0.6 is 0 Å². The molecule has 13 heteroatoms. The molecule has 3 heterocycles. The molecule has 228 valence electrons. The molecule has 0 atom stereocenters. The summed E-state index contributed by atoms with van der Waals surface area (Å²) in [5.41, 5.74) is 0.493. The molecule has 0 saturated heterocycles. The molecule has 0 spiro atoms. The second-order valence-corrected chi connectivity index (χ2v) is 12.1. The highest BCUT2D eigenvalue weighted by molar-refractivity contribution is 7.91. The van der Waals surface area contributed by atoms with Gasteiger partial charge in [-0.1, -0.05) is 67.6 Å². The molecule has 0 fully saturated rings. The van der Waals surface area contributed by atoms with Crippen molar-refractivity contribution in [2.24, 2.45) is 12.0 Å². The molecule has 3 aromatic heterocycles. The topological polar surface area (TPSA) is 111 Å². The van der Waals surface area contributed by atoms with E-state index in [4.69, 9.17) is 4.99 Å². The lowest BCUT2D eigenvalue weighted by Crippen LogP contribution is -2.28. The van der Waals surface area contributed by atoms with Crippen LogP contribution in [0.5, 0.6) is 0 Å². The minimum absolute atomic E-state index is 0.0499. The number of nitrogens with zero attached hydrogens (tertiary/aromatic N) is 5. The van der Waals surface area contributed by atoms with Gasteiger partial charge >= 0.3 is 6.18 Å². The van der Waals surface area contributed by atoms with Gasteiger partial charge in [0.05, 0.1) is 33.8 Å². The quantitative estimate of drug-likeness (QED) is 0.216. The summed E-state index contributed by atoms with van der Waals surface area (Å²) in [5.74, 6) is -0.314. The van der Waals surface area contributed by atoms with Gasteiger partial charge in [-0.2, -0.15) is 13.2 Å². The number of alkyl halides is 3. The number of aromatic nitrogens is 4. The van der Waals surface area contributed by atoms with Crippen LogP contribution in [-0.2, 0) is 29.6 Å². The number of nitrogens with one attached hydrogen (secondary N) is 1. The first kappa shape index (κ1) is 30.7. The van der Waals surface area contributed by atoms with Crippen LogP contribution in [0.2, 0.25) is 0 Å². The molecule has 1 N–H and O–H groups in total. The summed E-state index contributed by atoms with van der Waals surface area (Å²) in [7, 11) is -2.45. The molecule has 2 aromatic carbocycles. The molecular weight excluding hydrogens is 593 g/mol. The molecule has 0 radical (unpaired) electrons. The first-order valence-electron chi connectivity index (χ1n) is 13.8. The predicted molar refractivity (Wildman–Crippen MR) is 164 cm³/mol. The van der Waals surface area contributed by atoms with Crippen LogP contribution in [0.4, 0.5) is 18.9 Å². The van der Waals surface area contributed by atoms with E-state index in [9.17, 15) is 26.4 Å². The molecular formula is C31H29F3N6O3S. The van der Waals surface area contributed by atoms with Gasteiger partial charge in [0.2, 0.25) is 0 Å². The van der Waals surface area contributed by atoms with Gasteiger partial charge in [0.25, 0.3) is 5.56 Å². The van der Waals surface area contributed by atoms with Crippen molar-refractivity contribution in [2.75, 3.05) is 17.7 Å². The van der Waals surface area contributed by atoms with Crippen LogP contribution in [0.15, 0.2) is 93.7 Å². The third-order valence-electron chi connectivity index (χ3n) is 7.14. The highest BCUT2D eigenvalue weighted by Gasteiger charge is 2.36. The van der Waals surface area contributed by atoms with E-state index in [1.165, 1.54) is 37.7 Å². The lowest BCUT2D eigenvalue weighted by Gasteiger charge is -2.14. The molecule has 0 amide bonds. The number of hydrogen-bond donors (Lipinski definition) is 1. The normalized spacial score (nSPS) is 12.0. The predicted octanol–water partition coefficient (Wildman–Crippen LogP) is 5.54. The zero-order valence-corrected chi connectivity index (χ0v) is 24.9. The monoisotopic (exact) mass is 622 g/mol. The third kappa shape index (κ3) is 5.87. The van der Waals surface area contributed by atoms with Gasteiger partial charge < -0.3 is 14.5 Å². The van der Waals surface area contributed by atoms with E-state index in [0.717, 1.165) is 22.9 Å². The zero-order valence-electron chi connectivity index (χ0n) is 24.1. The number of sulfone groups is 1. The number of benzene rings is 2. The van der Waals surface area contributed by atoms with Crippen molar-refractivity contribution in [2.45, 2.75) is 31.5 Å². The molecule has 0 saturated carbocycles. The Balaban J connectivity index is 1.57.